The molecule has 3 aliphatic rings. The van der Waals surface area contributed by atoms with Crippen LogP contribution in [0.4, 0.5) is 0 Å². The van der Waals surface area contributed by atoms with Gasteiger partial charge in [-0.2, -0.15) is 0 Å². The van der Waals surface area contributed by atoms with Gasteiger partial charge in [0.25, 0.3) is 0 Å². The number of rotatable bonds is 16. The Hall–Kier alpha value is -2.63. The van der Waals surface area contributed by atoms with Gasteiger partial charge < -0.3 is 92.9 Å². The fourth-order valence-corrected chi connectivity index (χ4v) is 7.19. The molecule has 0 bridgehead atoms. The smallest absolute Gasteiger partial charge is 0.218 e. The summed E-state index contributed by atoms with van der Waals surface area (Å²) in [6.45, 7) is 3.95. The summed E-state index contributed by atoms with van der Waals surface area (Å²) in [5.74, 6) is -3.89. The van der Waals surface area contributed by atoms with Gasteiger partial charge in [0, 0.05) is 12.0 Å². The highest BCUT2D eigenvalue weighted by atomic mass is 32.3. The van der Waals surface area contributed by atoms with Gasteiger partial charge in [-0.1, -0.05) is 12.2 Å². The van der Waals surface area contributed by atoms with Crippen LogP contribution in [-0.4, -0.2) is 224 Å². The molecule has 2 aliphatic heterocycles. The van der Waals surface area contributed by atoms with E-state index in [4.69, 9.17) is 14.9 Å². The maximum Gasteiger partial charge on any atom is 0.218 e. The van der Waals surface area contributed by atoms with Crippen molar-refractivity contribution in [3.05, 3.63) is 23.8 Å². The molecule has 34 nitrogen and oxygen atoms in total. The SMILES string of the molecule is C/C(=C/C(=O)[O-])CO.C=C(C)CO.O=C([O-])C1OCC(OS(=O)(=O)[O-])[C@H](O)[C@@H]1O.O=S(=O)([O-])NC1CCC(COS(=O)(=O)[O-])[C@@H](O)[C@H]1O.O=S(=O)([O-])NC1COC(COS(=O)(=O)[O-])[C@@H](O)[C@H]1O. The van der Waals surface area contributed by atoms with E-state index in [0.29, 0.717) is 5.57 Å². The average molecular weight is 1080 g/mol. The first kappa shape index (κ1) is 66.5. The largest absolute Gasteiger partial charge is 0.735 e. The van der Waals surface area contributed by atoms with Crippen LogP contribution in [0.15, 0.2) is 23.8 Å². The third kappa shape index (κ3) is 31.3. The summed E-state index contributed by atoms with van der Waals surface area (Å²) in [4.78, 5) is 20.0. The van der Waals surface area contributed by atoms with Crippen LogP contribution in [0.3, 0.4) is 0 Å². The van der Waals surface area contributed by atoms with Gasteiger partial charge in [0.05, 0.1) is 69.8 Å². The third-order valence-corrected chi connectivity index (χ3v) is 10.5. The fraction of sp³-hybridized carbons (Fsp3) is 0.786. The number of aliphatic hydroxyl groups is 8. The number of aliphatic carboxylic acids is 2. The maximum atomic E-state index is 10.5. The third-order valence-electron chi connectivity index (χ3n) is 7.96. The summed E-state index contributed by atoms with van der Waals surface area (Å²) in [5, 5.41) is 93.1. The molecule has 398 valence electrons. The van der Waals surface area contributed by atoms with E-state index in [-0.39, 0.29) is 26.1 Å². The minimum absolute atomic E-state index is 0.00731. The number of ether oxygens (including phenoxy) is 2. The first-order valence-corrected chi connectivity index (χ1v) is 24.5. The van der Waals surface area contributed by atoms with Crippen molar-refractivity contribution in [3.8, 4) is 0 Å². The van der Waals surface area contributed by atoms with Gasteiger partial charge in [0.2, 0.25) is 31.2 Å². The minimum Gasteiger partial charge on any atom is -0.735 e. The van der Waals surface area contributed by atoms with Crippen molar-refractivity contribution in [1.29, 1.82) is 0 Å². The van der Waals surface area contributed by atoms with Gasteiger partial charge >= 0.3 is 0 Å². The quantitative estimate of drug-likeness (QED) is 0.0297. The first-order valence-electron chi connectivity index (χ1n) is 17.7. The van der Waals surface area contributed by atoms with E-state index in [1.165, 1.54) is 11.6 Å². The van der Waals surface area contributed by atoms with Gasteiger partial charge in [0.1, 0.15) is 42.7 Å². The van der Waals surface area contributed by atoms with Crippen LogP contribution >= 0.6 is 0 Å². The summed E-state index contributed by atoms with van der Waals surface area (Å²) in [7, 11) is -24.6. The zero-order valence-electron chi connectivity index (χ0n) is 34.3. The van der Waals surface area contributed by atoms with Crippen molar-refractivity contribution in [3.63, 3.8) is 0 Å². The molecule has 0 aromatic heterocycles. The predicted molar refractivity (Wildman–Crippen MR) is 200 cm³/mol. The molecule has 6 unspecified atom stereocenters. The normalized spacial score (nSPS) is 29.4. The van der Waals surface area contributed by atoms with Gasteiger partial charge in [-0.15, -0.1) is 0 Å². The molecule has 0 radical (unpaired) electrons. The second kappa shape index (κ2) is 29.5. The summed E-state index contributed by atoms with van der Waals surface area (Å²) >= 11 is 0. The molecular weight excluding hydrogens is 1040 g/mol. The summed E-state index contributed by atoms with van der Waals surface area (Å²) in [6.07, 6.45) is -14.3. The van der Waals surface area contributed by atoms with E-state index < -0.39 is 163 Å². The van der Waals surface area contributed by atoms with Crippen LogP contribution in [0.2, 0.25) is 0 Å². The Labute approximate surface area is 382 Å². The number of hydrogen-bond donors (Lipinski definition) is 10. The molecule has 1 saturated carbocycles. The molecule has 12 atom stereocenters. The number of carbonyl (C=O) groups is 2. The lowest BCUT2D eigenvalue weighted by molar-refractivity contribution is -0.327. The number of aliphatic hydroxyl groups excluding tert-OH is 8. The Balaban J connectivity index is 0. The van der Waals surface area contributed by atoms with E-state index >= 15 is 0 Å². The molecule has 0 spiro atoms. The molecule has 3 fully saturated rings. The molecule has 0 aromatic rings. The first-order chi connectivity index (χ1) is 30.1. The average Bonchev–Trinajstić information content (AvgIpc) is 3.15. The molecule has 3 rings (SSSR count). The molecule has 67 heavy (non-hydrogen) atoms. The second-order valence-electron chi connectivity index (χ2n) is 13.6. The Morgan fingerprint density at radius 2 is 1.10 bits per heavy atom. The zero-order valence-corrected chi connectivity index (χ0v) is 38.4. The van der Waals surface area contributed by atoms with E-state index in [1.807, 2.05) is 0 Å². The van der Waals surface area contributed by atoms with E-state index in [2.05, 4.69) is 23.9 Å². The molecule has 1 aliphatic carbocycles. The van der Waals surface area contributed by atoms with Gasteiger partial charge in [-0.3, -0.25) is 12.5 Å². The molecule has 10 N–H and O–H groups in total. The monoisotopic (exact) mass is 1080 g/mol. The van der Waals surface area contributed by atoms with Gasteiger partial charge in [0.15, 0.2) is 20.6 Å². The van der Waals surface area contributed by atoms with E-state index in [9.17, 15) is 115 Å². The standard InChI is InChI=1S/C7H15NO9S2.C6H13NO10S2.C6H10O9S.C5H8O3.C4H8O/c9-6-4(3-17-19(14,15)16)1-2-5(7(6)10)8-18(11,12)13;8-5-3(7-18(10,11)12)1-16-4(6(5)9)2-17-19(13,14)15;7-3-2(15-16(11,12)13)1-14-5(4(3)8)6(9)10;1-4(3-6)2-5(7)8;1-4(2)3-5/h4-10H,1-3H2,(H,11,12,13)(H,14,15,16);3-9H,1-2H2,(H,10,11,12)(H,13,14,15);2-5,7-8H,1H2,(H,9,10)(H,11,12,13);2,6H,3H2,1H3,(H,7,8);5H,1,3H2,2H3/p-7/b;;;4-2-;/t4?,5?,6-,7+;3?,4?,5-,6+;2?,3-,4-,5?;;/m100../s1. The Morgan fingerprint density at radius 3 is 1.49 bits per heavy atom. The van der Waals surface area contributed by atoms with Crippen LogP contribution in [0, 0.1) is 5.92 Å². The summed E-state index contributed by atoms with van der Waals surface area (Å²) in [5.41, 5.74) is 1.20. The highest BCUT2D eigenvalue weighted by Crippen LogP contribution is 2.26. The van der Waals surface area contributed by atoms with Crippen molar-refractivity contribution in [2.75, 3.05) is 39.6 Å². The zero-order chi connectivity index (χ0) is 53.1. The van der Waals surface area contributed by atoms with Gasteiger partial charge in [-0.25, -0.2) is 51.5 Å². The summed E-state index contributed by atoms with van der Waals surface area (Å²) < 4.78 is 179. The Morgan fingerprint density at radius 1 is 0.642 bits per heavy atom. The number of carboxylic acid groups (broad SMARTS) is 2. The van der Waals surface area contributed by atoms with Crippen LogP contribution in [0.25, 0.3) is 0 Å². The Bertz CT molecular complexity index is 2060. The number of hydrogen-bond acceptors (Lipinski definition) is 32. The molecular formula is C28H47N2O32S5-7. The van der Waals surface area contributed by atoms with Crippen molar-refractivity contribution in [2.45, 2.75) is 93.7 Å². The maximum absolute atomic E-state index is 10.5. The van der Waals surface area contributed by atoms with Crippen molar-refractivity contribution in [1.82, 2.24) is 9.44 Å². The van der Waals surface area contributed by atoms with Crippen LogP contribution in [-0.2, 0) is 83.4 Å². The lowest BCUT2D eigenvalue weighted by Crippen LogP contribution is -2.60. The lowest BCUT2D eigenvalue weighted by Gasteiger charge is -2.38. The lowest BCUT2D eigenvalue weighted by atomic mass is 9.82. The molecule has 39 heteroatoms. The number of nitrogens with one attached hydrogen (secondary N) is 2. The molecule has 2 saturated heterocycles. The highest BCUT2D eigenvalue weighted by molar-refractivity contribution is 7.84. The minimum atomic E-state index is -5.08. The topological polar surface area (TPSA) is 598 Å². The van der Waals surface area contributed by atoms with Crippen LogP contribution in [0.5, 0.6) is 0 Å². The van der Waals surface area contributed by atoms with Crippen LogP contribution in [0.1, 0.15) is 26.7 Å². The molecule has 0 amide bonds. The molecule has 0 aromatic carbocycles. The number of carbonyl (C=O) groups excluding carboxylic acids is 2. The van der Waals surface area contributed by atoms with Crippen molar-refractivity contribution < 1.29 is 148 Å². The van der Waals surface area contributed by atoms with Gasteiger partial charge in [-0.05, 0) is 38.3 Å². The van der Waals surface area contributed by atoms with Crippen molar-refractivity contribution in [2.24, 2.45) is 5.92 Å². The molecule has 2 heterocycles. The predicted octanol–water partition coefficient (Wildman–Crippen LogP) is -12.1. The van der Waals surface area contributed by atoms with Crippen molar-refractivity contribution >= 4 is 63.7 Å². The Kier molecular flexibility index (Phi) is 29.3. The second-order valence-corrected chi connectivity index (χ2v) is 19.0. The fourth-order valence-electron chi connectivity index (χ4n) is 4.87. The number of carboxylic acids is 2. The highest BCUT2D eigenvalue weighted by Gasteiger charge is 2.42. The van der Waals surface area contributed by atoms with Crippen LogP contribution < -0.4 is 19.7 Å². The summed E-state index contributed by atoms with van der Waals surface area (Å²) in [6, 6.07) is -2.56. The van der Waals surface area contributed by atoms with E-state index in [0.717, 1.165) is 11.6 Å². The van der Waals surface area contributed by atoms with E-state index in [1.54, 1.807) is 11.6 Å².